The minimum Gasteiger partial charge on any atom is -0.370 e. The van der Waals surface area contributed by atoms with E-state index in [4.69, 9.17) is 5.10 Å². The Bertz CT molecular complexity index is 684. The molecule has 0 aliphatic carbocycles. The summed E-state index contributed by atoms with van der Waals surface area (Å²) in [6.07, 6.45) is 2.38. The van der Waals surface area contributed by atoms with Crippen LogP contribution in [0.4, 0.5) is 5.69 Å². The van der Waals surface area contributed by atoms with E-state index in [1.54, 1.807) is 0 Å². The first kappa shape index (κ1) is 16.6. The Labute approximate surface area is 150 Å². The van der Waals surface area contributed by atoms with Gasteiger partial charge in [0.2, 0.25) is 0 Å². The van der Waals surface area contributed by atoms with Crippen molar-refractivity contribution in [1.82, 2.24) is 20.0 Å². The topological polar surface area (TPSA) is 36.3 Å². The van der Waals surface area contributed by atoms with Crippen LogP contribution in [0.1, 0.15) is 29.8 Å². The number of nitrogens with zero attached hydrogens (tertiary/aromatic N) is 4. The molecule has 0 atom stereocenters. The molecule has 25 heavy (non-hydrogen) atoms. The number of aryl methyl sites for hydroxylation is 2. The molecule has 1 aromatic heterocycles. The van der Waals surface area contributed by atoms with Gasteiger partial charge in [0, 0.05) is 51.5 Å². The molecule has 1 aromatic carbocycles. The number of benzene rings is 1. The van der Waals surface area contributed by atoms with Crippen LogP contribution in [0.3, 0.4) is 0 Å². The van der Waals surface area contributed by atoms with Crippen LogP contribution in [0, 0.1) is 6.92 Å². The van der Waals surface area contributed by atoms with Crippen molar-refractivity contribution in [3.05, 3.63) is 47.3 Å². The zero-order chi connectivity index (χ0) is 17.1. The summed E-state index contributed by atoms with van der Waals surface area (Å²) < 4.78 is 2.20. The quantitative estimate of drug-likeness (QED) is 0.932. The van der Waals surface area contributed by atoms with Gasteiger partial charge >= 0.3 is 0 Å². The van der Waals surface area contributed by atoms with E-state index in [2.05, 4.69) is 57.1 Å². The summed E-state index contributed by atoms with van der Waals surface area (Å²) in [4.78, 5) is 5.11. The molecule has 0 unspecified atom stereocenters. The van der Waals surface area contributed by atoms with Gasteiger partial charge in [-0.05, 0) is 44.0 Å². The highest BCUT2D eigenvalue weighted by Crippen LogP contribution is 2.21. The minimum atomic E-state index is 0.952. The smallest absolute Gasteiger partial charge is 0.0768 e. The summed E-state index contributed by atoms with van der Waals surface area (Å²) in [6, 6.07) is 11.0. The Kier molecular flexibility index (Phi) is 5.04. The lowest BCUT2D eigenvalue weighted by molar-refractivity contribution is 0.281. The van der Waals surface area contributed by atoms with Crippen LogP contribution in [0.25, 0.3) is 0 Å². The number of fused-ring (bicyclic) bond motifs is 1. The van der Waals surface area contributed by atoms with Gasteiger partial charge in [-0.3, -0.25) is 9.58 Å². The SMILES string of the molecule is Cc1ccccc1N1CCCN(Cc2cc3n(n2)CCCNC3)CC1. The molecular weight excluding hydrogens is 310 g/mol. The fraction of sp³-hybridized carbons (Fsp3) is 0.550. The summed E-state index contributed by atoms with van der Waals surface area (Å²) in [5.74, 6) is 0. The average molecular weight is 339 g/mol. The molecule has 1 saturated heterocycles. The van der Waals surface area contributed by atoms with E-state index in [1.165, 1.54) is 35.5 Å². The number of hydrogen-bond donors (Lipinski definition) is 1. The maximum absolute atomic E-state index is 4.85. The number of nitrogens with one attached hydrogen (secondary N) is 1. The summed E-state index contributed by atoms with van der Waals surface area (Å²) in [7, 11) is 0. The van der Waals surface area contributed by atoms with E-state index < -0.39 is 0 Å². The van der Waals surface area contributed by atoms with Gasteiger partial charge < -0.3 is 10.2 Å². The summed E-state index contributed by atoms with van der Waals surface area (Å²) >= 11 is 0. The highest BCUT2D eigenvalue weighted by atomic mass is 15.3. The predicted molar refractivity (Wildman–Crippen MR) is 102 cm³/mol. The molecule has 2 aliphatic rings. The predicted octanol–water partition coefficient (Wildman–Crippen LogP) is 2.40. The molecule has 0 spiro atoms. The third-order valence-electron chi connectivity index (χ3n) is 5.37. The molecule has 1 N–H and O–H groups in total. The Morgan fingerprint density at radius 1 is 1.04 bits per heavy atom. The van der Waals surface area contributed by atoms with Crippen molar-refractivity contribution in [2.45, 2.75) is 39.4 Å². The molecule has 0 radical (unpaired) electrons. The van der Waals surface area contributed by atoms with Crippen LogP contribution in [0.5, 0.6) is 0 Å². The molecule has 1 fully saturated rings. The zero-order valence-corrected chi connectivity index (χ0v) is 15.2. The van der Waals surface area contributed by atoms with E-state index in [0.29, 0.717) is 0 Å². The zero-order valence-electron chi connectivity index (χ0n) is 15.2. The average Bonchev–Trinajstić information content (AvgIpc) is 2.78. The number of anilines is 1. The maximum atomic E-state index is 4.85. The van der Waals surface area contributed by atoms with Crippen molar-refractivity contribution >= 4 is 5.69 Å². The van der Waals surface area contributed by atoms with E-state index in [9.17, 15) is 0 Å². The normalized spacial score (nSPS) is 19.3. The van der Waals surface area contributed by atoms with Gasteiger partial charge in [-0.2, -0.15) is 5.10 Å². The molecule has 4 rings (SSSR count). The highest BCUT2D eigenvalue weighted by Gasteiger charge is 2.18. The molecule has 3 heterocycles. The van der Waals surface area contributed by atoms with Gasteiger partial charge in [0.1, 0.15) is 0 Å². The summed E-state index contributed by atoms with van der Waals surface area (Å²) in [5, 5.41) is 8.33. The van der Waals surface area contributed by atoms with E-state index in [0.717, 1.165) is 52.4 Å². The van der Waals surface area contributed by atoms with Gasteiger partial charge in [0.05, 0.1) is 11.4 Å². The van der Waals surface area contributed by atoms with Gasteiger partial charge in [-0.25, -0.2) is 0 Å². The third kappa shape index (κ3) is 3.88. The number of rotatable bonds is 3. The maximum Gasteiger partial charge on any atom is 0.0768 e. The second-order valence-corrected chi connectivity index (χ2v) is 7.28. The van der Waals surface area contributed by atoms with Crippen LogP contribution < -0.4 is 10.2 Å². The Balaban J connectivity index is 1.39. The molecule has 2 aliphatic heterocycles. The molecule has 2 aromatic rings. The molecule has 5 heteroatoms. The van der Waals surface area contributed by atoms with Crippen molar-refractivity contribution in [3.8, 4) is 0 Å². The van der Waals surface area contributed by atoms with Crippen LogP contribution in [-0.2, 0) is 19.6 Å². The Morgan fingerprint density at radius 2 is 1.96 bits per heavy atom. The fourth-order valence-electron chi connectivity index (χ4n) is 4.02. The van der Waals surface area contributed by atoms with E-state index >= 15 is 0 Å². The lowest BCUT2D eigenvalue weighted by Crippen LogP contribution is -2.31. The number of aromatic nitrogens is 2. The lowest BCUT2D eigenvalue weighted by atomic mass is 10.2. The van der Waals surface area contributed by atoms with Crippen molar-refractivity contribution in [2.24, 2.45) is 0 Å². The lowest BCUT2D eigenvalue weighted by Gasteiger charge is -2.25. The van der Waals surface area contributed by atoms with Gasteiger partial charge in [0.15, 0.2) is 0 Å². The summed E-state index contributed by atoms with van der Waals surface area (Å²) in [5.41, 5.74) is 5.33. The molecule has 0 amide bonds. The monoisotopic (exact) mass is 339 g/mol. The van der Waals surface area contributed by atoms with E-state index in [1.807, 2.05) is 0 Å². The molecule has 134 valence electrons. The second-order valence-electron chi connectivity index (χ2n) is 7.28. The van der Waals surface area contributed by atoms with Gasteiger partial charge in [-0.15, -0.1) is 0 Å². The first-order valence-corrected chi connectivity index (χ1v) is 9.59. The van der Waals surface area contributed by atoms with Crippen LogP contribution in [0.15, 0.2) is 30.3 Å². The minimum absolute atomic E-state index is 0.952. The Morgan fingerprint density at radius 3 is 2.88 bits per heavy atom. The second kappa shape index (κ2) is 7.58. The number of hydrogen-bond acceptors (Lipinski definition) is 4. The first-order chi connectivity index (χ1) is 12.3. The van der Waals surface area contributed by atoms with E-state index in [-0.39, 0.29) is 0 Å². The van der Waals surface area contributed by atoms with Crippen molar-refractivity contribution in [1.29, 1.82) is 0 Å². The molecule has 0 bridgehead atoms. The first-order valence-electron chi connectivity index (χ1n) is 9.59. The van der Waals surface area contributed by atoms with Crippen molar-refractivity contribution in [2.75, 3.05) is 37.6 Å². The molecule has 5 nitrogen and oxygen atoms in total. The summed E-state index contributed by atoms with van der Waals surface area (Å²) in [6.45, 7) is 10.8. The third-order valence-corrected chi connectivity index (χ3v) is 5.37. The van der Waals surface area contributed by atoms with Gasteiger partial charge in [0.25, 0.3) is 0 Å². The van der Waals surface area contributed by atoms with Gasteiger partial charge in [-0.1, -0.05) is 18.2 Å². The van der Waals surface area contributed by atoms with Crippen LogP contribution in [0.2, 0.25) is 0 Å². The largest absolute Gasteiger partial charge is 0.370 e. The number of para-hydroxylation sites is 1. The van der Waals surface area contributed by atoms with Crippen LogP contribution >= 0.6 is 0 Å². The molecular formula is C20H29N5. The standard InChI is InChI=1S/C20H29N5/c1-17-6-2-3-7-20(17)24-10-5-9-23(12-13-24)16-18-14-19-15-21-8-4-11-25(19)22-18/h2-3,6-7,14,21H,4-5,8-13,15-16H2,1H3. The van der Waals surface area contributed by atoms with Crippen LogP contribution in [-0.4, -0.2) is 47.4 Å². The molecule has 0 saturated carbocycles. The fourth-order valence-corrected chi connectivity index (χ4v) is 4.02. The Hall–Kier alpha value is -1.85. The van der Waals surface area contributed by atoms with Crippen molar-refractivity contribution in [3.63, 3.8) is 0 Å². The van der Waals surface area contributed by atoms with Crippen molar-refractivity contribution < 1.29 is 0 Å². The highest BCUT2D eigenvalue weighted by molar-refractivity contribution is 5.53.